The number of ether oxygens (including phenoxy) is 1. The molecule has 0 fully saturated rings. The van der Waals surface area contributed by atoms with Crippen LogP contribution in [0.3, 0.4) is 0 Å². The molecule has 32 heavy (non-hydrogen) atoms. The molecular weight excluding hydrogens is 449 g/mol. The van der Waals surface area contributed by atoms with Crippen LogP contribution < -0.4 is 15.5 Å². The lowest BCUT2D eigenvalue weighted by molar-refractivity contribution is -0.126. The van der Waals surface area contributed by atoms with E-state index in [-0.39, 0.29) is 13.0 Å². The highest BCUT2D eigenvalue weighted by atomic mass is 35.5. The van der Waals surface area contributed by atoms with Crippen molar-refractivity contribution in [3.63, 3.8) is 0 Å². The molecule has 0 heterocycles. The number of nitrogens with zero attached hydrogens (tertiary/aromatic N) is 1. The zero-order chi connectivity index (χ0) is 22.9. The molecule has 0 saturated carbocycles. The van der Waals surface area contributed by atoms with Crippen LogP contribution in [0.15, 0.2) is 71.8 Å². The molecule has 2 amide bonds. The summed E-state index contributed by atoms with van der Waals surface area (Å²) in [6.45, 7) is 2.12. The van der Waals surface area contributed by atoms with Crippen LogP contribution in [0.4, 0.5) is 5.69 Å². The van der Waals surface area contributed by atoms with Crippen molar-refractivity contribution >= 4 is 46.9 Å². The van der Waals surface area contributed by atoms with Gasteiger partial charge in [0.25, 0.3) is 0 Å². The topological polar surface area (TPSA) is 79.8 Å². The second-order valence-corrected chi connectivity index (χ2v) is 7.74. The SMILES string of the molecule is Cc1ccccc1NC(=O)CC(=O)NN=Cc1ccccc1OCc1ccc(Cl)cc1Cl. The summed E-state index contributed by atoms with van der Waals surface area (Å²) >= 11 is 12.1. The monoisotopic (exact) mass is 469 g/mol. The Kier molecular flexibility index (Phi) is 8.25. The second kappa shape index (κ2) is 11.3. The van der Waals surface area contributed by atoms with Gasteiger partial charge in [0, 0.05) is 26.9 Å². The van der Waals surface area contributed by atoms with Gasteiger partial charge < -0.3 is 10.1 Å². The van der Waals surface area contributed by atoms with Crippen molar-refractivity contribution in [1.82, 2.24) is 5.43 Å². The van der Waals surface area contributed by atoms with Gasteiger partial charge in [-0.25, -0.2) is 5.43 Å². The molecule has 0 radical (unpaired) electrons. The van der Waals surface area contributed by atoms with E-state index in [9.17, 15) is 9.59 Å². The number of rotatable bonds is 8. The normalized spacial score (nSPS) is 10.7. The van der Waals surface area contributed by atoms with Gasteiger partial charge in [0.2, 0.25) is 11.8 Å². The summed E-state index contributed by atoms with van der Waals surface area (Å²) in [7, 11) is 0. The van der Waals surface area contributed by atoms with Crippen molar-refractivity contribution in [2.75, 3.05) is 5.32 Å². The zero-order valence-electron chi connectivity index (χ0n) is 17.3. The third-order valence-electron chi connectivity index (χ3n) is 4.45. The molecule has 0 spiro atoms. The first-order chi connectivity index (χ1) is 15.4. The number of carbonyl (C=O) groups excluding carboxylic acids is 2. The van der Waals surface area contributed by atoms with E-state index in [0.717, 1.165) is 11.1 Å². The standard InChI is InChI=1S/C24H21Cl2N3O3/c1-16-6-2-4-8-21(16)28-23(30)13-24(31)29-27-14-17-7-3-5-9-22(17)32-15-18-10-11-19(25)12-20(18)26/h2-12,14H,13,15H2,1H3,(H,28,30)(H,29,31). The van der Waals surface area contributed by atoms with Crippen LogP contribution in [0.5, 0.6) is 5.75 Å². The molecule has 3 aromatic rings. The number of benzene rings is 3. The zero-order valence-corrected chi connectivity index (χ0v) is 18.8. The first-order valence-electron chi connectivity index (χ1n) is 9.75. The molecule has 0 aliphatic carbocycles. The predicted molar refractivity (Wildman–Crippen MR) is 127 cm³/mol. The smallest absolute Gasteiger partial charge is 0.249 e. The van der Waals surface area contributed by atoms with Crippen LogP contribution in [0, 0.1) is 6.92 Å². The van der Waals surface area contributed by atoms with Gasteiger partial charge in [-0.15, -0.1) is 0 Å². The molecule has 3 aromatic carbocycles. The number of amides is 2. The Morgan fingerprint density at radius 1 is 1.00 bits per heavy atom. The number of anilines is 1. The van der Waals surface area contributed by atoms with Crippen molar-refractivity contribution < 1.29 is 14.3 Å². The van der Waals surface area contributed by atoms with Crippen LogP contribution in [0.25, 0.3) is 0 Å². The number of hydrogen-bond donors (Lipinski definition) is 2. The predicted octanol–water partition coefficient (Wildman–Crippen LogP) is 5.36. The first kappa shape index (κ1) is 23.3. The van der Waals surface area contributed by atoms with Crippen molar-refractivity contribution in [2.45, 2.75) is 20.0 Å². The molecule has 8 heteroatoms. The summed E-state index contributed by atoms with van der Waals surface area (Å²) in [5.74, 6) is -0.386. The number of aryl methyl sites for hydroxylation is 1. The summed E-state index contributed by atoms with van der Waals surface area (Å²) in [5, 5.41) is 7.71. The van der Waals surface area contributed by atoms with Gasteiger partial charge in [-0.05, 0) is 42.8 Å². The molecule has 3 rings (SSSR count). The van der Waals surface area contributed by atoms with Crippen molar-refractivity contribution in [3.8, 4) is 5.75 Å². The van der Waals surface area contributed by atoms with E-state index in [4.69, 9.17) is 27.9 Å². The minimum Gasteiger partial charge on any atom is -0.488 e. The Morgan fingerprint density at radius 3 is 2.53 bits per heavy atom. The molecular formula is C24H21Cl2N3O3. The average Bonchev–Trinajstić information content (AvgIpc) is 2.75. The van der Waals surface area contributed by atoms with Gasteiger partial charge in [0.05, 0.1) is 6.21 Å². The Labute approximate surface area is 196 Å². The van der Waals surface area contributed by atoms with Crippen LogP contribution in [-0.2, 0) is 16.2 Å². The number of hydrogen-bond acceptors (Lipinski definition) is 4. The van der Waals surface area contributed by atoms with Crippen LogP contribution in [0.2, 0.25) is 10.0 Å². The Bertz CT molecular complexity index is 1150. The molecule has 6 nitrogen and oxygen atoms in total. The van der Waals surface area contributed by atoms with E-state index < -0.39 is 11.8 Å². The maximum atomic E-state index is 12.1. The molecule has 0 bridgehead atoms. The van der Waals surface area contributed by atoms with Crippen LogP contribution >= 0.6 is 23.2 Å². The van der Waals surface area contributed by atoms with Crippen molar-refractivity contribution in [2.24, 2.45) is 5.10 Å². The molecule has 0 saturated heterocycles. The Morgan fingerprint density at radius 2 is 1.75 bits per heavy atom. The molecule has 0 aliphatic rings. The summed E-state index contributed by atoms with van der Waals surface area (Å²) in [6.07, 6.45) is 1.11. The summed E-state index contributed by atoms with van der Waals surface area (Å²) in [5.41, 5.74) is 5.38. The summed E-state index contributed by atoms with van der Waals surface area (Å²) < 4.78 is 5.85. The van der Waals surface area contributed by atoms with Crippen molar-refractivity contribution in [3.05, 3.63) is 93.5 Å². The minimum atomic E-state index is -0.529. The molecule has 2 N–H and O–H groups in total. The number of carbonyl (C=O) groups is 2. The molecule has 0 aromatic heterocycles. The fourth-order valence-corrected chi connectivity index (χ4v) is 3.24. The maximum absolute atomic E-state index is 12.1. The lowest BCUT2D eigenvalue weighted by atomic mass is 10.2. The van der Waals surface area contributed by atoms with E-state index in [1.165, 1.54) is 6.21 Å². The molecule has 0 atom stereocenters. The fraction of sp³-hybridized carbons (Fsp3) is 0.125. The maximum Gasteiger partial charge on any atom is 0.249 e. The molecule has 0 unspecified atom stereocenters. The number of para-hydroxylation sites is 2. The van der Waals surface area contributed by atoms with Gasteiger partial charge in [-0.3, -0.25) is 9.59 Å². The van der Waals surface area contributed by atoms with Gasteiger partial charge in [-0.2, -0.15) is 5.10 Å². The van der Waals surface area contributed by atoms with Crippen LogP contribution in [-0.4, -0.2) is 18.0 Å². The number of halogens is 2. The highest BCUT2D eigenvalue weighted by Gasteiger charge is 2.10. The lowest BCUT2D eigenvalue weighted by Crippen LogP contribution is -2.24. The Hall–Kier alpha value is -3.35. The van der Waals surface area contributed by atoms with Gasteiger partial charge in [0.1, 0.15) is 18.8 Å². The average molecular weight is 470 g/mol. The van der Waals surface area contributed by atoms with Gasteiger partial charge in [-0.1, -0.05) is 59.6 Å². The van der Waals surface area contributed by atoms with E-state index in [0.29, 0.717) is 27.0 Å². The summed E-state index contributed by atoms with van der Waals surface area (Å²) in [4.78, 5) is 24.1. The summed E-state index contributed by atoms with van der Waals surface area (Å²) in [6, 6.07) is 19.7. The van der Waals surface area contributed by atoms with Crippen LogP contribution in [0.1, 0.15) is 23.1 Å². The molecule has 164 valence electrons. The van der Waals surface area contributed by atoms with E-state index >= 15 is 0 Å². The fourth-order valence-electron chi connectivity index (χ4n) is 2.78. The first-order valence-corrected chi connectivity index (χ1v) is 10.5. The number of hydrazone groups is 1. The molecule has 0 aliphatic heterocycles. The largest absolute Gasteiger partial charge is 0.488 e. The lowest BCUT2D eigenvalue weighted by Gasteiger charge is -2.10. The quantitative estimate of drug-likeness (QED) is 0.264. The highest BCUT2D eigenvalue weighted by molar-refractivity contribution is 6.35. The minimum absolute atomic E-state index is 0.242. The third-order valence-corrected chi connectivity index (χ3v) is 5.04. The van der Waals surface area contributed by atoms with E-state index in [1.54, 1.807) is 36.4 Å². The number of nitrogens with one attached hydrogen (secondary N) is 2. The van der Waals surface area contributed by atoms with E-state index in [2.05, 4.69) is 15.8 Å². The van der Waals surface area contributed by atoms with Crippen molar-refractivity contribution in [1.29, 1.82) is 0 Å². The van der Waals surface area contributed by atoms with E-state index in [1.807, 2.05) is 37.3 Å². The van der Waals surface area contributed by atoms with Gasteiger partial charge >= 0.3 is 0 Å². The Balaban J connectivity index is 1.54. The highest BCUT2D eigenvalue weighted by Crippen LogP contribution is 2.24. The second-order valence-electron chi connectivity index (χ2n) is 6.90. The van der Waals surface area contributed by atoms with Gasteiger partial charge in [0.15, 0.2) is 0 Å². The third kappa shape index (κ3) is 6.83.